The fourth-order valence-corrected chi connectivity index (χ4v) is 1.56. The first-order chi connectivity index (χ1) is 6.65. The molecule has 1 aromatic rings. The molecule has 0 fully saturated rings. The Morgan fingerprint density at radius 2 is 2.21 bits per heavy atom. The van der Waals surface area contributed by atoms with E-state index < -0.39 is 5.82 Å². The van der Waals surface area contributed by atoms with Crippen LogP contribution < -0.4 is 0 Å². The van der Waals surface area contributed by atoms with Gasteiger partial charge in [-0.1, -0.05) is 39.7 Å². The van der Waals surface area contributed by atoms with Crippen molar-refractivity contribution in [1.29, 1.82) is 0 Å². The summed E-state index contributed by atoms with van der Waals surface area (Å²) in [6.07, 6.45) is 0.735. The second-order valence-corrected chi connectivity index (χ2v) is 3.85. The van der Waals surface area contributed by atoms with Gasteiger partial charge in [0.25, 0.3) is 0 Å². The van der Waals surface area contributed by atoms with E-state index in [2.05, 4.69) is 15.9 Å². The number of alkyl halides is 1. The number of hydrogen-bond acceptors (Lipinski definition) is 1. The molecule has 0 unspecified atom stereocenters. The average Bonchev–Trinajstić information content (AvgIpc) is 2.20. The summed E-state index contributed by atoms with van der Waals surface area (Å²) in [5, 5.41) is 0.420. The largest absolute Gasteiger partial charge is 0.299 e. The van der Waals surface area contributed by atoms with Crippen molar-refractivity contribution in [2.75, 3.05) is 5.33 Å². The molecule has 0 aromatic heterocycles. The second-order valence-electron chi connectivity index (χ2n) is 2.89. The summed E-state index contributed by atoms with van der Waals surface area (Å²) >= 11 is 8.65. The highest BCUT2D eigenvalue weighted by Gasteiger charge is 2.07. The number of carbonyl (C=O) groups is 1. The minimum absolute atomic E-state index is 0.0596. The summed E-state index contributed by atoms with van der Waals surface area (Å²) in [5.41, 5.74) is 0.492. The highest BCUT2D eigenvalue weighted by atomic mass is 79.9. The van der Waals surface area contributed by atoms with Gasteiger partial charge in [-0.05, 0) is 18.1 Å². The number of Topliss-reactive ketones (excluding diaryl/α,β-unsaturated/α-hetero) is 1. The molecular formula is C10H9BrClFO. The quantitative estimate of drug-likeness (QED) is 0.772. The third-order valence-corrected chi connectivity index (χ3v) is 2.77. The Morgan fingerprint density at radius 3 is 2.86 bits per heavy atom. The van der Waals surface area contributed by atoms with E-state index in [9.17, 15) is 9.18 Å². The van der Waals surface area contributed by atoms with E-state index in [1.807, 2.05) is 0 Å². The number of benzene rings is 1. The summed E-state index contributed by atoms with van der Waals surface area (Å²) in [6.45, 7) is 0. The normalized spacial score (nSPS) is 10.2. The highest BCUT2D eigenvalue weighted by Crippen LogP contribution is 2.19. The number of halogens is 3. The molecule has 0 aliphatic carbocycles. The van der Waals surface area contributed by atoms with Gasteiger partial charge in [-0.2, -0.15) is 0 Å². The summed E-state index contributed by atoms with van der Waals surface area (Å²) in [7, 11) is 0. The van der Waals surface area contributed by atoms with Crippen LogP contribution in [0.1, 0.15) is 12.0 Å². The molecule has 0 saturated carbocycles. The Morgan fingerprint density at radius 1 is 1.50 bits per heavy atom. The van der Waals surface area contributed by atoms with Crippen LogP contribution in [0, 0.1) is 5.82 Å². The van der Waals surface area contributed by atoms with Gasteiger partial charge in [0.2, 0.25) is 0 Å². The minimum Gasteiger partial charge on any atom is -0.299 e. The zero-order chi connectivity index (χ0) is 10.6. The number of ketones is 1. The van der Waals surface area contributed by atoms with Crippen LogP contribution in [0.5, 0.6) is 0 Å². The molecule has 0 aliphatic rings. The monoisotopic (exact) mass is 278 g/mol. The maximum atomic E-state index is 13.3. The fourth-order valence-electron chi connectivity index (χ4n) is 1.08. The SMILES string of the molecule is O=C(CBr)CCc1cccc(Cl)c1F. The van der Waals surface area contributed by atoms with E-state index >= 15 is 0 Å². The number of hydrogen-bond donors (Lipinski definition) is 0. The molecule has 0 aliphatic heterocycles. The summed E-state index contributed by atoms with van der Waals surface area (Å²) in [5.74, 6) is -0.360. The van der Waals surface area contributed by atoms with E-state index in [1.165, 1.54) is 6.07 Å². The van der Waals surface area contributed by atoms with Crippen molar-refractivity contribution in [3.63, 3.8) is 0 Å². The van der Waals surface area contributed by atoms with Gasteiger partial charge < -0.3 is 0 Å². The predicted octanol–water partition coefficient (Wildman–Crippen LogP) is 3.38. The maximum absolute atomic E-state index is 13.3. The molecule has 14 heavy (non-hydrogen) atoms. The van der Waals surface area contributed by atoms with Crippen LogP contribution in [0.25, 0.3) is 0 Å². The zero-order valence-corrected chi connectivity index (χ0v) is 9.74. The van der Waals surface area contributed by atoms with Gasteiger partial charge in [0.1, 0.15) is 11.6 Å². The smallest absolute Gasteiger partial charge is 0.144 e. The molecule has 1 rings (SSSR count). The van der Waals surface area contributed by atoms with Crippen molar-refractivity contribution in [2.45, 2.75) is 12.8 Å². The van der Waals surface area contributed by atoms with Gasteiger partial charge in [0.15, 0.2) is 0 Å². The third-order valence-electron chi connectivity index (χ3n) is 1.85. The van der Waals surface area contributed by atoms with Gasteiger partial charge in [0, 0.05) is 6.42 Å². The first-order valence-corrected chi connectivity index (χ1v) is 5.65. The van der Waals surface area contributed by atoms with Gasteiger partial charge in [-0.25, -0.2) is 4.39 Å². The number of aryl methyl sites for hydroxylation is 1. The van der Waals surface area contributed by atoms with E-state index in [4.69, 9.17) is 11.6 Å². The van der Waals surface area contributed by atoms with Crippen LogP contribution in [0.4, 0.5) is 4.39 Å². The molecule has 0 N–H and O–H groups in total. The van der Waals surface area contributed by atoms with Crippen molar-refractivity contribution < 1.29 is 9.18 Å². The van der Waals surface area contributed by atoms with Crippen molar-refractivity contribution in [3.05, 3.63) is 34.6 Å². The van der Waals surface area contributed by atoms with Crippen LogP contribution in [-0.4, -0.2) is 11.1 Å². The van der Waals surface area contributed by atoms with E-state index in [0.717, 1.165) is 0 Å². The standard InChI is InChI=1S/C10H9BrClFO/c11-6-8(14)5-4-7-2-1-3-9(12)10(7)13/h1-3H,4-6H2. The van der Waals surface area contributed by atoms with Crippen LogP contribution in [0.2, 0.25) is 5.02 Å². The first-order valence-electron chi connectivity index (χ1n) is 4.15. The average molecular weight is 280 g/mol. The molecule has 4 heteroatoms. The Hall–Kier alpha value is -0.410. The van der Waals surface area contributed by atoms with Gasteiger partial charge in [0.05, 0.1) is 10.4 Å². The van der Waals surface area contributed by atoms with E-state index in [1.54, 1.807) is 12.1 Å². The number of carbonyl (C=O) groups excluding carboxylic acids is 1. The van der Waals surface area contributed by atoms with Crippen LogP contribution in [0.3, 0.4) is 0 Å². The maximum Gasteiger partial charge on any atom is 0.144 e. The van der Waals surface area contributed by atoms with Crippen LogP contribution in [-0.2, 0) is 11.2 Å². The Balaban J connectivity index is 2.68. The minimum atomic E-state index is -0.420. The van der Waals surface area contributed by atoms with Crippen molar-refractivity contribution in [2.24, 2.45) is 0 Å². The lowest BCUT2D eigenvalue weighted by Crippen LogP contribution is -2.02. The van der Waals surface area contributed by atoms with E-state index in [-0.39, 0.29) is 10.8 Å². The molecule has 0 heterocycles. The van der Waals surface area contributed by atoms with Gasteiger partial charge >= 0.3 is 0 Å². The molecule has 76 valence electrons. The Bertz CT molecular complexity index is 341. The Labute approximate surface area is 95.4 Å². The fraction of sp³-hybridized carbons (Fsp3) is 0.300. The molecule has 0 bridgehead atoms. The molecule has 0 amide bonds. The van der Waals surface area contributed by atoms with Crippen LogP contribution in [0.15, 0.2) is 18.2 Å². The predicted molar refractivity (Wildman–Crippen MR) is 58.5 cm³/mol. The second kappa shape index (κ2) is 5.47. The lowest BCUT2D eigenvalue weighted by Gasteiger charge is -2.02. The van der Waals surface area contributed by atoms with Crippen molar-refractivity contribution in [3.8, 4) is 0 Å². The van der Waals surface area contributed by atoms with Gasteiger partial charge in [-0.3, -0.25) is 4.79 Å². The third kappa shape index (κ3) is 3.07. The molecule has 1 nitrogen and oxygen atoms in total. The number of rotatable bonds is 4. The highest BCUT2D eigenvalue weighted by molar-refractivity contribution is 9.09. The van der Waals surface area contributed by atoms with Crippen molar-refractivity contribution >= 4 is 33.3 Å². The zero-order valence-electron chi connectivity index (χ0n) is 7.40. The molecule has 0 saturated heterocycles. The lowest BCUT2D eigenvalue weighted by atomic mass is 10.1. The van der Waals surface area contributed by atoms with Gasteiger partial charge in [-0.15, -0.1) is 0 Å². The molecule has 0 radical (unpaired) electrons. The molecule has 0 atom stereocenters. The molecule has 1 aromatic carbocycles. The molecule has 0 spiro atoms. The lowest BCUT2D eigenvalue weighted by molar-refractivity contribution is -0.116. The molecular weight excluding hydrogens is 270 g/mol. The van der Waals surface area contributed by atoms with Crippen molar-refractivity contribution in [1.82, 2.24) is 0 Å². The van der Waals surface area contributed by atoms with E-state index in [0.29, 0.717) is 23.7 Å². The summed E-state index contributed by atoms with van der Waals surface area (Å²) < 4.78 is 13.3. The first kappa shape index (κ1) is 11.7. The summed E-state index contributed by atoms with van der Waals surface area (Å²) in [4.78, 5) is 11.0. The topological polar surface area (TPSA) is 17.1 Å². The summed E-state index contributed by atoms with van der Waals surface area (Å²) in [6, 6.07) is 4.81. The van der Waals surface area contributed by atoms with Crippen LogP contribution >= 0.6 is 27.5 Å². The Kier molecular flexibility index (Phi) is 4.55.